The maximum atomic E-state index is 13.3. The number of fused-ring (bicyclic) bond motifs is 1. The molecule has 2 amide bonds. The van der Waals surface area contributed by atoms with Gasteiger partial charge in [-0.1, -0.05) is 90.1 Å². The maximum Gasteiger partial charge on any atom is 0.249 e. The second-order valence-electron chi connectivity index (χ2n) is 17.3. The summed E-state index contributed by atoms with van der Waals surface area (Å²) in [6.07, 6.45) is 5.97. The highest BCUT2D eigenvalue weighted by Gasteiger charge is 2.41. The van der Waals surface area contributed by atoms with E-state index in [-0.39, 0.29) is 38.5 Å². The summed E-state index contributed by atoms with van der Waals surface area (Å²) in [5.41, 5.74) is 5.07. The number of hydrogen-bond donors (Lipinski definition) is 3. The molecule has 0 radical (unpaired) electrons. The molecule has 3 aromatic carbocycles. The van der Waals surface area contributed by atoms with Gasteiger partial charge in [0.25, 0.3) is 0 Å². The Morgan fingerprint density at radius 2 is 1.28 bits per heavy atom. The number of nitrogens with one attached hydrogen (secondary N) is 3. The van der Waals surface area contributed by atoms with Crippen LogP contribution in [-0.2, 0) is 53.4 Å². The molecule has 12 nitrogen and oxygen atoms in total. The van der Waals surface area contributed by atoms with E-state index in [4.69, 9.17) is 0 Å². The Kier molecular flexibility index (Phi) is 14.5. The average Bonchev–Trinajstić information content (AvgIpc) is 4.02. The van der Waals surface area contributed by atoms with Crippen LogP contribution in [-0.4, -0.2) is 88.6 Å². The van der Waals surface area contributed by atoms with Crippen molar-refractivity contribution < 1.29 is 26.4 Å². The van der Waals surface area contributed by atoms with Gasteiger partial charge in [-0.15, -0.1) is 23.5 Å². The molecule has 2 saturated heterocycles. The van der Waals surface area contributed by atoms with E-state index in [1.165, 1.54) is 32.1 Å². The largest absolute Gasteiger partial charge is 0.361 e. The summed E-state index contributed by atoms with van der Waals surface area (Å²) in [7, 11) is -7.50. The van der Waals surface area contributed by atoms with Crippen LogP contribution in [0.4, 0.5) is 0 Å². The predicted octanol–water partition coefficient (Wildman–Crippen LogP) is 7.04. The number of sulfonamides is 2. The average molecular weight is 905 g/mol. The highest BCUT2D eigenvalue weighted by atomic mass is 32.2. The molecule has 0 spiro atoms. The molecular weight excluding hydrogens is 849 g/mol. The number of para-hydroxylation sites is 1. The Morgan fingerprint density at radius 3 is 1.79 bits per heavy atom. The summed E-state index contributed by atoms with van der Waals surface area (Å²) in [6, 6.07) is 25.5. The summed E-state index contributed by atoms with van der Waals surface area (Å²) in [6.45, 7) is 15.4. The van der Waals surface area contributed by atoms with E-state index in [1.54, 1.807) is 42.7 Å². The molecule has 16 heteroatoms. The van der Waals surface area contributed by atoms with Gasteiger partial charge in [-0.3, -0.25) is 14.6 Å². The normalized spacial score (nSPS) is 18.3. The number of H-pyrrole nitrogens is 1. The first-order valence-electron chi connectivity index (χ1n) is 20.3. The smallest absolute Gasteiger partial charge is 0.249 e. The minimum Gasteiger partial charge on any atom is -0.361 e. The van der Waals surface area contributed by atoms with Gasteiger partial charge in [0.15, 0.2) is 0 Å². The Labute approximate surface area is 369 Å². The van der Waals surface area contributed by atoms with Crippen LogP contribution >= 0.6 is 23.5 Å². The first-order chi connectivity index (χ1) is 28.8. The number of carbonyl (C=O) groups excluding carboxylic acids is 2. The van der Waals surface area contributed by atoms with Crippen LogP contribution in [0.3, 0.4) is 0 Å². The molecule has 2 aliphatic heterocycles. The maximum absolute atomic E-state index is 13.3. The summed E-state index contributed by atoms with van der Waals surface area (Å²) >= 11 is 2.71. The van der Waals surface area contributed by atoms with Crippen LogP contribution in [0, 0.1) is 0 Å². The first kappa shape index (κ1) is 46.3. The third kappa shape index (κ3) is 11.1. The second-order valence-corrected chi connectivity index (χ2v) is 23.4. The van der Waals surface area contributed by atoms with Crippen molar-refractivity contribution in [3.05, 3.63) is 126 Å². The highest BCUT2D eigenvalue weighted by Crippen LogP contribution is 2.33. The van der Waals surface area contributed by atoms with Gasteiger partial charge in [-0.2, -0.15) is 8.61 Å². The molecule has 4 heterocycles. The Morgan fingerprint density at radius 1 is 0.754 bits per heavy atom. The number of benzene rings is 3. The van der Waals surface area contributed by atoms with Gasteiger partial charge < -0.3 is 15.6 Å². The molecule has 61 heavy (non-hydrogen) atoms. The predicted molar refractivity (Wildman–Crippen MR) is 246 cm³/mol. The highest BCUT2D eigenvalue weighted by molar-refractivity contribution is 8.02. The van der Waals surface area contributed by atoms with E-state index in [9.17, 15) is 26.4 Å². The van der Waals surface area contributed by atoms with Crippen molar-refractivity contribution in [1.82, 2.24) is 29.2 Å². The van der Waals surface area contributed by atoms with Crippen LogP contribution in [0.1, 0.15) is 70.7 Å². The third-order valence-corrected chi connectivity index (χ3v) is 17.0. The molecule has 2 aliphatic rings. The summed E-state index contributed by atoms with van der Waals surface area (Å²) in [5.74, 6) is 0.611. The summed E-state index contributed by atoms with van der Waals surface area (Å²) in [5, 5.41) is 5.46. The van der Waals surface area contributed by atoms with Crippen LogP contribution < -0.4 is 10.6 Å². The number of pyridine rings is 1. The fourth-order valence-electron chi connectivity index (χ4n) is 7.11. The third-order valence-electron chi connectivity index (χ3n) is 10.6. The van der Waals surface area contributed by atoms with Crippen molar-refractivity contribution in [2.45, 2.75) is 98.8 Å². The van der Waals surface area contributed by atoms with Gasteiger partial charge in [-0.05, 0) is 82.8 Å². The Bertz CT molecular complexity index is 2520. The van der Waals surface area contributed by atoms with E-state index < -0.39 is 30.8 Å². The number of amides is 2. The molecule has 326 valence electrons. The zero-order valence-electron chi connectivity index (χ0n) is 35.7. The fourth-order valence-corrected chi connectivity index (χ4v) is 13.3. The molecule has 3 unspecified atom stereocenters. The van der Waals surface area contributed by atoms with Crippen molar-refractivity contribution in [3.63, 3.8) is 0 Å². The molecule has 3 N–H and O–H groups in total. The molecular formula is C45H56N6O6S4. The Hall–Kier alpha value is -4.19. The van der Waals surface area contributed by atoms with Gasteiger partial charge in [0.1, 0.15) is 10.7 Å². The fraction of sp³-hybridized carbons (Fsp3) is 0.400. The number of carbonyl (C=O) groups is 2. The molecule has 5 aromatic rings. The number of hydrogen-bond acceptors (Lipinski definition) is 9. The van der Waals surface area contributed by atoms with E-state index in [0.717, 1.165) is 33.2 Å². The van der Waals surface area contributed by atoms with Crippen molar-refractivity contribution in [2.24, 2.45) is 0 Å². The Balaban J connectivity index is 0.000000207. The molecule has 0 bridgehead atoms. The monoisotopic (exact) mass is 904 g/mol. The lowest BCUT2D eigenvalue weighted by Crippen LogP contribution is -2.47. The molecule has 0 aliphatic carbocycles. The van der Waals surface area contributed by atoms with Crippen LogP contribution in [0.15, 0.2) is 113 Å². The molecule has 2 fully saturated rings. The van der Waals surface area contributed by atoms with E-state index in [0.29, 0.717) is 37.6 Å². The van der Waals surface area contributed by atoms with Crippen molar-refractivity contribution in [1.29, 1.82) is 0 Å². The zero-order valence-corrected chi connectivity index (χ0v) is 39.0. The van der Waals surface area contributed by atoms with Crippen molar-refractivity contribution >= 4 is 66.3 Å². The van der Waals surface area contributed by atoms with Crippen LogP contribution in [0.2, 0.25) is 0 Å². The number of aromatic nitrogens is 2. The minimum atomic E-state index is -3.76. The molecule has 2 aromatic heterocycles. The lowest BCUT2D eigenvalue weighted by Gasteiger charge is -2.25. The van der Waals surface area contributed by atoms with Gasteiger partial charge in [0.2, 0.25) is 31.9 Å². The minimum absolute atomic E-state index is 0.0551. The first-order valence-corrected chi connectivity index (χ1v) is 25.2. The number of aromatic amines is 1. The quantitative estimate of drug-likeness (QED) is 0.126. The summed E-state index contributed by atoms with van der Waals surface area (Å²) in [4.78, 5) is 33.4. The molecule has 0 saturated carbocycles. The topological polar surface area (TPSA) is 162 Å². The number of rotatable bonds is 11. The molecule has 7 rings (SSSR count). The summed E-state index contributed by atoms with van der Waals surface area (Å²) < 4.78 is 55.5. The van der Waals surface area contributed by atoms with Gasteiger partial charge in [0, 0.05) is 66.7 Å². The number of nitrogens with zero attached hydrogens (tertiary/aromatic N) is 3. The van der Waals surface area contributed by atoms with E-state index in [2.05, 4.69) is 68.2 Å². The lowest BCUT2D eigenvalue weighted by atomic mass is 9.87. The number of thioether (sulfide) groups is 2. The zero-order chi connectivity index (χ0) is 44.2. The SMILES string of the molecule is CC(C)(C)c1ccc(S(=O)(=O)N2CCSC2C(=O)NCc2cccnc2)cc1.CC(Cc1c[nH]c2ccccc12)NC(=O)C1SCCN1S(=O)(=O)c1ccc(C(C)(C)C)cc1. The van der Waals surface area contributed by atoms with E-state index in [1.807, 2.05) is 61.7 Å². The van der Waals surface area contributed by atoms with Gasteiger partial charge >= 0.3 is 0 Å². The van der Waals surface area contributed by atoms with Crippen LogP contribution in [0.5, 0.6) is 0 Å². The second kappa shape index (κ2) is 19.1. The van der Waals surface area contributed by atoms with Gasteiger partial charge in [0.05, 0.1) is 9.79 Å². The molecule has 3 atom stereocenters. The van der Waals surface area contributed by atoms with Crippen molar-refractivity contribution in [3.8, 4) is 0 Å². The van der Waals surface area contributed by atoms with Crippen LogP contribution in [0.25, 0.3) is 10.9 Å². The standard InChI is InChI=1S/C25H31N3O3S2.C20H25N3O3S2/c1-17(15-18-16-26-22-8-6-5-7-21(18)22)27-23(29)24-28(13-14-32-24)33(30,31)20-11-9-19(10-12-20)25(2,3)4;1-20(2,3)16-6-8-17(9-7-16)28(25,26)23-11-12-27-19(23)18(24)22-14-15-5-4-10-21-13-15/h5-12,16-17,24,26H,13-15H2,1-4H3,(H,27,29);4-10,13,19H,11-12,14H2,1-3H3,(H,22,24). The lowest BCUT2D eigenvalue weighted by molar-refractivity contribution is -0.123. The van der Waals surface area contributed by atoms with E-state index >= 15 is 0 Å². The van der Waals surface area contributed by atoms with Gasteiger partial charge in [-0.25, -0.2) is 16.8 Å². The van der Waals surface area contributed by atoms with Crippen molar-refractivity contribution in [2.75, 3.05) is 24.6 Å².